The number of anilines is 1. The summed E-state index contributed by atoms with van der Waals surface area (Å²) in [6.07, 6.45) is 7.92. The molecule has 5 heteroatoms. The number of benzene rings is 1. The van der Waals surface area contributed by atoms with Crippen LogP contribution >= 0.6 is 15.9 Å². The highest BCUT2D eigenvalue weighted by molar-refractivity contribution is 9.10. The van der Waals surface area contributed by atoms with Crippen LogP contribution in [0.2, 0.25) is 0 Å². The van der Waals surface area contributed by atoms with Gasteiger partial charge in [-0.25, -0.2) is 0 Å². The number of carbonyl (C=O) groups excluding carboxylic acids is 2. The van der Waals surface area contributed by atoms with Crippen LogP contribution in [0.3, 0.4) is 0 Å². The average Bonchev–Trinajstić information content (AvgIpc) is 2.55. The molecule has 0 radical (unpaired) electrons. The Hall–Kier alpha value is -1.36. The largest absolute Gasteiger partial charge is 0.336 e. The molecular weight excluding hydrogens is 356 g/mol. The van der Waals surface area contributed by atoms with Gasteiger partial charge in [-0.05, 0) is 40.4 Å². The number of hydrogen-bond acceptors (Lipinski definition) is 2. The normalized spacial score (nSPS) is 15.2. The van der Waals surface area contributed by atoms with Crippen molar-refractivity contribution < 1.29 is 9.59 Å². The molecule has 23 heavy (non-hydrogen) atoms. The molecule has 1 N–H and O–H groups in total. The zero-order valence-corrected chi connectivity index (χ0v) is 15.3. The minimum atomic E-state index is -0.176. The fraction of sp³-hybridized carbons (Fsp3) is 0.556. The van der Waals surface area contributed by atoms with E-state index in [0.717, 1.165) is 16.6 Å². The van der Waals surface area contributed by atoms with Gasteiger partial charge in [0.25, 0.3) is 0 Å². The van der Waals surface area contributed by atoms with Gasteiger partial charge < -0.3 is 10.2 Å². The first-order valence-electron chi connectivity index (χ1n) is 8.34. The maximum atomic E-state index is 12.2. The molecule has 0 aliphatic heterocycles. The first-order chi connectivity index (χ1) is 11.1. The Morgan fingerprint density at radius 3 is 2.61 bits per heavy atom. The van der Waals surface area contributed by atoms with Crippen LogP contribution in [-0.2, 0) is 9.59 Å². The second-order valence-electron chi connectivity index (χ2n) is 6.32. The van der Waals surface area contributed by atoms with Crippen molar-refractivity contribution >= 4 is 33.4 Å². The zero-order valence-electron chi connectivity index (χ0n) is 13.7. The van der Waals surface area contributed by atoms with Gasteiger partial charge in [0.1, 0.15) is 0 Å². The monoisotopic (exact) mass is 380 g/mol. The van der Waals surface area contributed by atoms with Crippen LogP contribution in [0.5, 0.6) is 0 Å². The SMILES string of the molecule is CN(CC(=O)Nc1ccccc1Br)C(=O)CCC1CCCCC1. The van der Waals surface area contributed by atoms with E-state index in [4.69, 9.17) is 0 Å². The van der Waals surface area contributed by atoms with Gasteiger partial charge in [0.2, 0.25) is 11.8 Å². The van der Waals surface area contributed by atoms with E-state index in [2.05, 4.69) is 21.2 Å². The first kappa shape index (κ1) is 18.0. The summed E-state index contributed by atoms with van der Waals surface area (Å²) in [5.41, 5.74) is 0.723. The Kier molecular flexibility index (Phi) is 7.09. The zero-order chi connectivity index (χ0) is 16.7. The number of nitrogens with one attached hydrogen (secondary N) is 1. The molecule has 0 heterocycles. The molecular formula is C18H25BrN2O2. The molecule has 1 fully saturated rings. The minimum absolute atomic E-state index is 0.0536. The molecule has 1 aliphatic rings. The van der Waals surface area contributed by atoms with E-state index >= 15 is 0 Å². The maximum absolute atomic E-state index is 12.2. The summed E-state index contributed by atoms with van der Waals surface area (Å²) in [5, 5.41) is 2.82. The van der Waals surface area contributed by atoms with Crippen molar-refractivity contribution in [2.45, 2.75) is 44.9 Å². The van der Waals surface area contributed by atoms with Gasteiger partial charge in [-0.15, -0.1) is 0 Å². The molecule has 0 bridgehead atoms. The van der Waals surface area contributed by atoms with Crippen molar-refractivity contribution in [2.75, 3.05) is 18.9 Å². The predicted molar refractivity (Wildman–Crippen MR) is 96.2 cm³/mol. The van der Waals surface area contributed by atoms with Crippen molar-refractivity contribution in [1.82, 2.24) is 4.90 Å². The molecule has 0 spiro atoms. The van der Waals surface area contributed by atoms with Crippen molar-refractivity contribution in [3.8, 4) is 0 Å². The summed E-state index contributed by atoms with van der Waals surface area (Å²) < 4.78 is 0.833. The topological polar surface area (TPSA) is 49.4 Å². The molecule has 1 saturated carbocycles. The first-order valence-corrected chi connectivity index (χ1v) is 9.14. The molecule has 0 saturated heterocycles. The van der Waals surface area contributed by atoms with E-state index in [9.17, 15) is 9.59 Å². The van der Waals surface area contributed by atoms with E-state index in [1.165, 1.54) is 37.0 Å². The van der Waals surface area contributed by atoms with Crippen molar-refractivity contribution in [2.24, 2.45) is 5.92 Å². The molecule has 1 aromatic carbocycles. The summed E-state index contributed by atoms with van der Waals surface area (Å²) in [7, 11) is 1.70. The summed E-state index contributed by atoms with van der Waals surface area (Å²) in [5.74, 6) is 0.568. The van der Waals surface area contributed by atoms with Gasteiger partial charge >= 0.3 is 0 Å². The van der Waals surface area contributed by atoms with Crippen LogP contribution in [0.1, 0.15) is 44.9 Å². The standard InChI is InChI=1S/C18H25BrN2O2/c1-21(18(23)12-11-14-7-3-2-4-8-14)13-17(22)20-16-10-6-5-9-15(16)19/h5-6,9-10,14H,2-4,7-8,11-13H2,1H3,(H,20,22). The smallest absolute Gasteiger partial charge is 0.244 e. The van der Waals surface area contributed by atoms with Crippen molar-refractivity contribution in [3.63, 3.8) is 0 Å². The lowest BCUT2D eigenvalue weighted by Gasteiger charge is -2.22. The Morgan fingerprint density at radius 1 is 1.22 bits per heavy atom. The summed E-state index contributed by atoms with van der Waals surface area (Å²) in [6, 6.07) is 7.45. The lowest BCUT2D eigenvalue weighted by Crippen LogP contribution is -2.35. The van der Waals surface area contributed by atoms with E-state index in [1.807, 2.05) is 24.3 Å². The van der Waals surface area contributed by atoms with Gasteiger partial charge in [0, 0.05) is 17.9 Å². The fourth-order valence-electron chi connectivity index (χ4n) is 3.05. The Bertz CT molecular complexity index is 542. The number of likely N-dealkylation sites (N-methyl/N-ethyl adjacent to an activating group) is 1. The molecule has 1 aromatic rings. The number of amides is 2. The van der Waals surface area contributed by atoms with E-state index < -0.39 is 0 Å². The summed E-state index contributed by atoms with van der Waals surface area (Å²) >= 11 is 3.39. The van der Waals surface area contributed by atoms with Crippen molar-refractivity contribution in [1.29, 1.82) is 0 Å². The van der Waals surface area contributed by atoms with E-state index in [0.29, 0.717) is 12.3 Å². The van der Waals surface area contributed by atoms with Crippen molar-refractivity contribution in [3.05, 3.63) is 28.7 Å². The third kappa shape index (κ3) is 5.98. The summed E-state index contributed by atoms with van der Waals surface area (Å²) in [6.45, 7) is 0.0881. The number of para-hydroxylation sites is 1. The number of carbonyl (C=O) groups is 2. The van der Waals surface area contributed by atoms with E-state index in [-0.39, 0.29) is 18.4 Å². The highest BCUT2D eigenvalue weighted by Crippen LogP contribution is 2.27. The third-order valence-electron chi connectivity index (χ3n) is 4.45. The number of hydrogen-bond donors (Lipinski definition) is 1. The van der Waals surface area contributed by atoms with Crippen LogP contribution in [0.15, 0.2) is 28.7 Å². The number of rotatable bonds is 6. The van der Waals surface area contributed by atoms with Gasteiger partial charge in [-0.2, -0.15) is 0 Å². The molecule has 0 unspecified atom stereocenters. The van der Waals surface area contributed by atoms with Crippen LogP contribution < -0.4 is 5.32 Å². The number of nitrogens with zero attached hydrogens (tertiary/aromatic N) is 1. The Morgan fingerprint density at radius 2 is 1.91 bits per heavy atom. The predicted octanol–water partition coefficient (Wildman–Crippen LogP) is 4.21. The van der Waals surface area contributed by atoms with Gasteiger partial charge in [-0.3, -0.25) is 9.59 Å². The van der Waals surface area contributed by atoms with Gasteiger partial charge in [0.05, 0.1) is 12.2 Å². The molecule has 0 atom stereocenters. The quantitative estimate of drug-likeness (QED) is 0.803. The average molecular weight is 381 g/mol. The minimum Gasteiger partial charge on any atom is -0.336 e. The Balaban J connectivity index is 1.74. The molecule has 2 amide bonds. The van der Waals surface area contributed by atoms with Gasteiger partial charge in [-0.1, -0.05) is 44.2 Å². The van der Waals surface area contributed by atoms with Gasteiger partial charge in [0.15, 0.2) is 0 Å². The molecule has 1 aliphatic carbocycles. The van der Waals surface area contributed by atoms with Crippen LogP contribution in [0.25, 0.3) is 0 Å². The van der Waals surface area contributed by atoms with Crippen LogP contribution in [0.4, 0.5) is 5.69 Å². The molecule has 0 aromatic heterocycles. The second kappa shape index (κ2) is 9.06. The molecule has 126 valence electrons. The maximum Gasteiger partial charge on any atom is 0.244 e. The highest BCUT2D eigenvalue weighted by atomic mass is 79.9. The fourth-order valence-corrected chi connectivity index (χ4v) is 3.43. The third-order valence-corrected chi connectivity index (χ3v) is 5.14. The second-order valence-corrected chi connectivity index (χ2v) is 7.17. The lowest BCUT2D eigenvalue weighted by molar-refractivity contribution is -0.133. The number of halogens is 1. The summed E-state index contributed by atoms with van der Waals surface area (Å²) in [4.78, 5) is 25.8. The van der Waals surface area contributed by atoms with Crippen LogP contribution in [0, 0.1) is 5.92 Å². The lowest BCUT2D eigenvalue weighted by atomic mass is 9.86. The van der Waals surface area contributed by atoms with E-state index in [1.54, 1.807) is 7.05 Å². The Labute approximate surface area is 146 Å². The molecule has 4 nitrogen and oxygen atoms in total. The molecule has 2 rings (SSSR count). The van der Waals surface area contributed by atoms with Crippen LogP contribution in [-0.4, -0.2) is 30.3 Å². The highest BCUT2D eigenvalue weighted by Gasteiger charge is 2.18.